The quantitative estimate of drug-likeness (QED) is 0.267. The highest BCUT2D eigenvalue weighted by molar-refractivity contribution is 5.78. The molecule has 7 heavy (non-hydrogen) atoms. The minimum Gasteiger partial charge on any atom is -0.387 e. The standard InChI is InChI=1S/C3H9N4/c1-7(6)2-3(4)5/h6H,2H2,1H3,(H3,4,5). The van der Waals surface area contributed by atoms with Gasteiger partial charge in [0.15, 0.2) is 0 Å². The van der Waals surface area contributed by atoms with Crippen LogP contribution in [0.3, 0.4) is 0 Å². The van der Waals surface area contributed by atoms with Crippen molar-refractivity contribution in [3.63, 3.8) is 0 Å². The SMILES string of the molecule is CN([NH])CC(=N)N. The Hall–Kier alpha value is -0.610. The minimum absolute atomic E-state index is 0.0255. The largest absolute Gasteiger partial charge is 0.387 e. The Morgan fingerprint density at radius 3 is 2.29 bits per heavy atom. The lowest BCUT2D eigenvalue weighted by atomic mass is 10.6. The van der Waals surface area contributed by atoms with E-state index >= 15 is 0 Å². The van der Waals surface area contributed by atoms with Crippen molar-refractivity contribution in [2.24, 2.45) is 5.73 Å². The molecule has 4 N–H and O–H groups in total. The van der Waals surface area contributed by atoms with Gasteiger partial charge >= 0.3 is 0 Å². The second-order valence-electron chi connectivity index (χ2n) is 1.38. The van der Waals surface area contributed by atoms with Crippen LogP contribution < -0.4 is 11.6 Å². The van der Waals surface area contributed by atoms with Crippen molar-refractivity contribution in [2.45, 2.75) is 0 Å². The van der Waals surface area contributed by atoms with Gasteiger partial charge in [0.25, 0.3) is 0 Å². The number of amidine groups is 1. The van der Waals surface area contributed by atoms with E-state index in [4.69, 9.17) is 17.0 Å². The number of likely N-dealkylation sites (N-methyl/N-ethyl adjacent to an activating group) is 1. The fraction of sp³-hybridized carbons (Fsp3) is 0.667. The molecule has 0 heterocycles. The molecule has 0 saturated carbocycles. The van der Waals surface area contributed by atoms with Crippen molar-refractivity contribution in [3.8, 4) is 0 Å². The molecular formula is C3H9N4. The lowest BCUT2D eigenvalue weighted by Gasteiger charge is -2.03. The molecule has 0 unspecified atom stereocenters. The molecule has 4 heteroatoms. The van der Waals surface area contributed by atoms with Gasteiger partial charge in [-0.2, -0.15) is 5.84 Å². The first-order chi connectivity index (χ1) is 3.13. The van der Waals surface area contributed by atoms with Gasteiger partial charge in [-0.25, -0.2) is 5.01 Å². The van der Waals surface area contributed by atoms with Crippen molar-refractivity contribution in [1.82, 2.24) is 10.9 Å². The van der Waals surface area contributed by atoms with Crippen molar-refractivity contribution >= 4 is 5.84 Å². The summed E-state index contributed by atoms with van der Waals surface area (Å²) in [5.74, 6) is 6.75. The van der Waals surface area contributed by atoms with Crippen LogP contribution in [0.25, 0.3) is 0 Å². The van der Waals surface area contributed by atoms with Crippen molar-refractivity contribution in [2.75, 3.05) is 13.6 Å². The molecule has 0 saturated heterocycles. The van der Waals surface area contributed by atoms with Crippen molar-refractivity contribution in [3.05, 3.63) is 0 Å². The highest BCUT2D eigenvalue weighted by Gasteiger charge is 1.89. The molecule has 4 nitrogen and oxygen atoms in total. The molecular weight excluding hydrogens is 92.1 g/mol. The van der Waals surface area contributed by atoms with Crippen molar-refractivity contribution in [1.29, 1.82) is 5.41 Å². The Bertz CT molecular complexity index is 67.3. The van der Waals surface area contributed by atoms with E-state index in [9.17, 15) is 0 Å². The molecule has 0 fully saturated rings. The van der Waals surface area contributed by atoms with E-state index in [2.05, 4.69) is 0 Å². The van der Waals surface area contributed by atoms with Gasteiger partial charge in [0.05, 0.1) is 6.54 Å². The Kier molecular flexibility index (Phi) is 2.32. The summed E-state index contributed by atoms with van der Waals surface area (Å²) >= 11 is 0. The van der Waals surface area contributed by atoms with Crippen LogP contribution in [0.2, 0.25) is 0 Å². The Balaban J connectivity index is 3.13. The lowest BCUT2D eigenvalue weighted by Crippen LogP contribution is -2.28. The molecule has 0 aromatic rings. The van der Waals surface area contributed by atoms with Crippen LogP contribution in [-0.2, 0) is 0 Å². The molecule has 0 aliphatic heterocycles. The summed E-state index contributed by atoms with van der Waals surface area (Å²) in [7, 11) is 1.54. The van der Waals surface area contributed by atoms with E-state index in [1.807, 2.05) is 0 Å². The zero-order valence-electron chi connectivity index (χ0n) is 4.23. The Morgan fingerprint density at radius 2 is 2.29 bits per heavy atom. The van der Waals surface area contributed by atoms with E-state index < -0.39 is 0 Å². The zero-order valence-corrected chi connectivity index (χ0v) is 4.23. The summed E-state index contributed by atoms with van der Waals surface area (Å²) in [5.41, 5.74) is 4.92. The average Bonchev–Trinajstić information content (AvgIpc) is 1.27. The van der Waals surface area contributed by atoms with Gasteiger partial charge in [-0.05, 0) is 0 Å². The van der Waals surface area contributed by atoms with Crippen LogP contribution in [0, 0.1) is 5.41 Å². The van der Waals surface area contributed by atoms with Gasteiger partial charge in [0.1, 0.15) is 5.84 Å². The van der Waals surface area contributed by atoms with E-state index in [1.165, 1.54) is 0 Å². The molecule has 0 aromatic heterocycles. The Morgan fingerprint density at radius 1 is 1.86 bits per heavy atom. The van der Waals surface area contributed by atoms with Gasteiger partial charge in [-0.15, -0.1) is 0 Å². The number of hydrogen-bond donors (Lipinski definition) is 2. The van der Waals surface area contributed by atoms with Crippen LogP contribution in [0.15, 0.2) is 0 Å². The molecule has 0 spiro atoms. The smallest absolute Gasteiger partial charge is 0.106 e. The number of nitrogens with two attached hydrogens (primary N) is 1. The fourth-order valence-electron chi connectivity index (χ4n) is 0.256. The maximum absolute atomic E-state index is 6.72. The zero-order chi connectivity index (χ0) is 5.86. The molecule has 41 valence electrons. The number of rotatable bonds is 2. The predicted octanol–water partition coefficient (Wildman–Crippen LogP) is -0.948. The van der Waals surface area contributed by atoms with Gasteiger partial charge in [-0.1, -0.05) is 0 Å². The summed E-state index contributed by atoms with van der Waals surface area (Å²) in [4.78, 5) is 0. The van der Waals surface area contributed by atoms with E-state index in [0.717, 1.165) is 5.01 Å². The summed E-state index contributed by atoms with van der Waals surface area (Å²) in [6.45, 7) is 0.222. The molecule has 0 atom stereocenters. The fourth-order valence-corrected chi connectivity index (χ4v) is 0.256. The van der Waals surface area contributed by atoms with Crippen LogP contribution in [0.5, 0.6) is 0 Å². The highest BCUT2D eigenvalue weighted by Crippen LogP contribution is 1.65. The monoisotopic (exact) mass is 101 g/mol. The average molecular weight is 101 g/mol. The first-order valence-corrected chi connectivity index (χ1v) is 1.88. The van der Waals surface area contributed by atoms with E-state index in [-0.39, 0.29) is 12.4 Å². The van der Waals surface area contributed by atoms with E-state index in [0.29, 0.717) is 0 Å². The highest BCUT2D eigenvalue weighted by atomic mass is 15.4. The summed E-state index contributed by atoms with van der Waals surface area (Å²) < 4.78 is 0. The third kappa shape index (κ3) is 5.39. The molecule has 0 aliphatic carbocycles. The normalized spacial score (nSPS) is 9.57. The van der Waals surface area contributed by atoms with Crippen LogP contribution in [0.4, 0.5) is 0 Å². The summed E-state index contributed by atoms with van der Waals surface area (Å²) in [6.07, 6.45) is 0. The molecule has 0 aromatic carbocycles. The predicted molar refractivity (Wildman–Crippen MR) is 27.6 cm³/mol. The second-order valence-corrected chi connectivity index (χ2v) is 1.38. The van der Waals surface area contributed by atoms with Crippen molar-refractivity contribution < 1.29 is 0 Å². The molecule has 0 amide bonds. The summed E-state index contributed by atoms with van der Waals surface area (Å²) in [5, 5.41) is 7.74. The van der Waals surface area contributed by atoms with Crippen LogP contribution >= 0.6 is 0 Å². The molecule has 0 aliphatic rings. The van der Waals surface area contributed by atoms with Gasteiger partial charge < -0.3 is 5.73 Å². The third-order valence-electron chi connectivity index (χ3n) is 0.408. The third-order valence-corrected chi connectivity index (χ3v) is 0.408. The maximum atomic E-state index is 6.72. The van der Waals surface area contributed by atoms with Crippen LogP contribution in [0.1, 0.15) is 0 Å². The first-order valence-electron chi connectivity index (χ1n) is 1.88. The molecule has 0 rings (SSSR count). The molecule has 0 bridgehead atoms. The summed E-state index contributed by atoms with van der Waals surface area (Å²) in [6, 6.07) is 0. The van der Waals surface area contributed by atoms with Crippen LogP contribution in [-0.4, -0.2) is 24.4 Å². The lowest BCUT2D eigenvalue weighted by molar-refractivity contribution is 0.377. The van der Waals surface area contributed by atoms with Gasteiger partial charge in [0.2, 0.25) is 0 Å². The Labute approximate surface area is 42.6 Å². The molecule has 1 radical (unpaired) electrons. The first kappa shape index (κ1) is 6.39. The maximum Gasteiger partial charge on any atom is 0.106 e. The van der Waals surface area contributed by atoms with Gasteiger partial charge in [-0.3, -0.25) is 5.41 Å². The van der Waals surface area contributed by atoms with E-state index in [1.54, 1.807) is 7.05 Å². The topological polar surface area (TPSA) is 76.9 Å². The number of nitrogens with zero attached hydrogens (tertiary/aromatic N) is 1. The number of hydrogen-bond acceptors (Lipinski definition) is 2. The second kappa shape index (κ2) is 2.54. The van der Waals surface area contributed by atoms with Gasteiger partial charge in [0, 0.05) is 7.05 Å². The minimum atomic E-state index is 0.0255. The number of nitrogens with one attached hydrogen (secondary N) is 2.